The quantitative estimate of drug-likeness (QED) is 0.0209. The van der Waals surface area contributed by atoms with Gasteiger partial charge in [0.15, 0.2) is 0 Å². The van der Waals surface area contributed by atoms with Gasteiger partial charge in [-0.2, -0.15) is 0 Å². The van der Waals surface area contributed by atoms with Crippen LogP contribution in [0.4, 0.5) is 0 Å². The molecule has 3 heterocycles. The molecule has 0 spiro atoms. The van der Waals surface area contributed by atoms with Gasteiger partial charge in [-0.25, -0.2) is 15.0 Å². The second-order valence-electron chi connectivity index (χ2n) is 33.4. The number of hydrogen-bond donors (Lipinski definition) is 0. The summed E-state index contributed by atoms with van der Waals surface area (Å²) in [4.78, 5) is 12.6. The smallest absolute Gasteiger partial charge is 0.119 e. The van der Waals surface area contributed by atoms with Crippen molar-refractivity contribution in [3.63, 3.8) is 0 Å². The van der Waals surface area contributed by atoms with Crippen LogP contribution in [0.25, 0.3) is 22.3 Å². The Labute approximate surface area is 742 Å². The molecule has 0 radical (unpaired) electrons. The van der Waals surface area contributed by atoms with E-state index in [-0.39, 0.29) is 0 Å². The Hall–Kier alpha value is -10.1. The third-order valence-corrected chi connectivity index (χ3v) is 23.0. The lowest BCUT2D eigenvalue weighted by Gasteiger charge is -2.13. The highest BCUT2D eigenvalue weighted by Crippen LogP contribution is 2.34. The summed E-state index contributed by atoms with van der Waals surface area (Å²) in [5.41, 5.74) is 9.07. The molecule has 0 atom stereocenters. The van der Waals surface area contributed by atoms with Gasteiger partial charge in [0.2, 0.25) is 0 Å². The summed E-state index contributed by atoms with van der Waals surface area (Å²) in [7, 11) is 0. The van der Waals surface area contributed by atoms with E-state index >= 15 is 0 Å². The molecule has 0 aliphatic rings. The molecule has 0 unspecified atom stereocenters. The van der Waals surface area contributed by atoms with Crippen LogP contribution in [-0.4, -0.2) is 68.3 Å². The average molecular weight is 1660 g/mol. The molecule has 3 aromatic heterocycles. The van der Waals surface area contributed by atoms with Crippen LogP contribution in [0.3, 0.4) is 0 Å². The van der Waals surface area contributed by atoms with Crippen LogP contribution >= 0.6 is 0 Å². The summed E-state index contributed by atoms with van der Waals surface area (Å²) < 4.78 is 45.2. The highest BCUT2D eigenvalue weighted by atomic mass is 16.5. The summed E-state index contributed by atoms with van der Waals surface area (Å²) in [5.74, 6) is 27.9. The van der Waals surface area contributed by atoms with Crippen molar-refractivity contribution in [3.05, 3.63) is 235 Å². The van der Waals surface area contributed by atoms with Crippen LogP contribution < -0.4 is 28.4 Å². The van der Waals surface area contributed by atoms with E-state index in [0.717, 1.165) is 219 Å². The van der Waals surface area contributed by atoms with Crippen LogP contribution in [0.2, 0.25) is 0 Å². The number of hydrogen-bond acceptors (Lipinski definition) is 9. The summed E-state index contributed by atoms with van der Waals surface area (Å²) in [6.45, 7) is 13.8. The molecule has 658 valence electrons. The third kappa shape index (κ3) is 41.3. The predicted octanol–water partition coefficient (Wildman–Crippen LogP) is 29.1. The van der Waals surface area contributed by atoms with Crippen LogP contribution in [0, 0.1) is 35.5 Å². The molecule has 9 aromatic rings. The summed E-state index contributed by atoms with van der Waals surface area (Å²) >= 11 is 0. The number of ether oxygens (including phenoxy) is 6. The van der Waals surface area contributed by atoms with Gasteiger partial charge < -0.3 is 42.1 Å². The molecule has 0 aliphatic carbocycles. The third-order valence-electron chi connectivity index (χ3n) is 23.0. The monoisotopic (exact) mass is 1660 g/mol. The maximum atomic E-state index is 6.55. The average Bonchev–Trinajstić information content (AvgIpc) is 1.21. The molecule has 0 saturated heterocycles. The molecule has 0 bridgehead atoms. The minimum atomic E-state index is 0.512. The molecular formula is C111H148N6O6. The van der Waals surface area contributed by atoms with Crippen molar-refractivity contribution in [3.8, 4) is 70.0 Å². The van der Waals surface area contributed by atoms with Crippen molar-refractivity contribution < 1.29 is 28.4 Å². The zero-order chi connectivity index (χ0) is 85.4. The van der Waals surface area contributed by atoms with E-state index in [1.54, 1.807) is 0 Å². The largest absolute Gasteiger partial charge is 0.494 e. The summed E-state index contributed by atoms with van der Waals surface area (Å²) in [5, 5.41) is 0. The van der Waals surface area contributed by atoms with Crippen molar-refractivity contribution in [2.45, 2.75) is 323 Å². The Morgan fingerprint density at radius 3 is 0.634 bits per heavy atom. The first kappa shape index (κ1) is 96.7. The lowest BCUT2D eigenvalue weighted by Crippen LogP contribution is -1.99. The molecule has 0 saturated carbocycles. The SMILES string of the molecule is CCCCCCCCCCCCOc1ccc(CC#C/C(=C(/C#C/C(=C(/C#CCc2ccc(OCCCCCCn3ccnc3)cc2)c2ccc(OCCCCCCCCCCCC)cc2)c2ccc(OCCCCCCn3ccnc3)cc2)c2ccc(OCCCCCCCCCCCC)cc2)c2ccc(OCCCCCCn3ccnc3)cc2)cc1. The van der Waals surface area contributed by atoms with Crippen LogP contribution in [0.15, 0.2) is 202 Å². The fourth-order valence-electron chi connectivity index (χ4n) is 15.4. The topological polar surface area (TPSA) is 109 Å². The van der Waals surface area contributed by atoms with E-state index < -0.39 is 0 Å². The van der Waals surface area contributed by atoms with E-state index in [4.69, 9.17) is 28.4 Å². The van der Waals surface area contributed by atoms with E-state index in [2.05, 4.69) is 231 Å². The van der Waals surface area contributed by atoms with E-state index in [9.17, 15) is 0 Å². The zero-order valence-corrected chi connectivity index (χ0v) is 75.7. The lowest BCUT2D eigenvalue weighted by atomic mass is 9.92. The minimum Gasteiger partial charge on any atom is -0.494 e. The molecule has 6 aromatic carbocycles. The van der Waals surface area contributed by atoms with Crippen molar-refractivity contribution in [1.29, 1.82) is 0 Å². The number of aromatic nitrogens is 6. The van der Waals surface area contributed by atoms with Gasteiger partial charge in [-0.15, -0.1) is 0 Å². The first-order valence-electron chi connectivity index (χ1n) is 48.2. The van der Waals surface area contributed by atoms with Gasteiger partial charge in [0, 0.05) is 91.9 Å². The van der Waals surface area contributed by atoms with Gasteiger partial charge in [-0.3, -0.25) is 0 Å². The van der Waals surface area contributed by atoms with Gasteiger partial charge in [-0.05, 0) is 164 Å². The molecule has 9 rings (SSSR count). The summed E-state index contributed by atoms with van der Waals surface area (Å²) in [6.07, 6.45) is 69.7. The molecule has 123 heavy (non-hydrogen) atoms. The highest BCUT2D eigenvalue weighted by molar-refractivity contribution is 6.09. The minimum absolute atomic E-state index is 0.512. The Morgan fingerprint density at radius 1 is 0.228 bits per heavy atom. The Balaban J connectivity index is 1.07. The fourth-order valence-corrected chi connectivity index (χ4v) is 15.4. The van der Waals surface area contributed by atoms with Crippen molar-refractivity contribution in [1.82, 2.24) is 28.7 Å². The number of allylic oxidation sites excluding steroid dienone is 4. The molecule has 12 nitrogen and oxygen atoms in total. The Morgan fingerprint density at radius 2 is 0.423 bits per heavy atom. The van der Waals surface area contributed by atoms with Crippen molar-refractivity contribution >= 4 is 22.3 Å². The standard InChI is InChI=1S/C111H148N6O6/c1-4-7-10-13-16-19-22-25-31-40-87-118-102-64-52-96(53-65-102)48-46-51-109(99-58-70-105(71-59-99)122-91-44-35-29-38-82-116-85-79-113-94-116)110(100-60-72-106(73-61-100)121-89-42-33-27-24-21-18-15-12-9-6-3)76-77-111(101-62-74-107(75-63-101)123-92-45-36-30-39-83-117-86-80-114-95-117)108(98-56-68-104(69-57-98)120-88-41-32-26-23-20-17-14-11-8-5-2)50-47-49-97-54-66-103(67-55-97)119-90-43-34-28-37-81-115-84-78-112-93-115/h52-75,78-80,84-86,93-95H,4-45,48-49,81-83,87-92H2,1-3H3/b110-109+,111-108+. The Kier molecular flexibility index (Phi) is 49.5. The normalized spacial score (nSPS) is 11.5. The van der Waals surface area contributed by atoms with E-state index in [1.807, 2.05) is 56.2 Å². The number of nitrogens with zero attached hydrogens (tertiary/aromatic N) is 6. The lowest BCUT2D eigenvalue weighted by molar-refractivity contribution is 0.304. The number of imidazole rings is 3. The van der Waals surface area contributed by atoms with Gasteiger partial charge in [0.1, 0.15) is 34.5 Å². The number of aryl methyl sites for hydroxylation is 3. The number of unbranched alkanes of at least 4 members (excludes halogenated alkanes) is 36. The maximum Gasteiger partial charge on any atom is 0.119 e. The first-order valence-corrected chi connectivity index (χ1v) is 48.2. The second-order valence-corrected chi connectivity index (χ2v) is 33.4. The molecule has 0 N–H and O–H groups in total. The van der Waals surface area contributed by atoms with Gasteiger partial charge >= 0.3 is 0 Å². The van der Waals surface area contributed by atoms with Crippen LogP contribution in [0.1, 0.15) is 324 Å². The maximum absolute atomic E-state index is 6.55. The van der Waals surface area contributed by atoms with Gasteiger partial charge in [-0.1, -0.05) is 341 Å². The summed E-state index contributed by atoms with van der Waals surface area (Å²) in [6, 6.07) is 51.0. The first-order chi connectivity index (χ1) is 61.0. The fraction of sp³-hybridized carbons (Fsp3) is 0.505. The van der Waals surface area contributed by atoms with Crippen LogP contribution in [0.5, 0.6) is 34.5 Å². The molecule has 0 aliphatic heterocycles. The second kappa shape index (κ2) is 62.9. The van der Waals surface area contributed by atoms with Gasteiger partial charge in [0.25, 0.3) is 0 Å². The number of benzene rings is 6. The highest BCUT2D eigenvalue weighted by Gasteiger charge is 2.16. The predicted molar refractivity (Wildman–Crippen MR) is 514 cm³/mol. The molecule has 12 heteroatoms. The van der Waals surface area contributed by atoms with E-state index in [1.165, 1.54) is 167 Å². The molecule has 0 fully saturated rings. The van der Waals surface area contributed by atoms with Crippen LogP contribution in [-0.2, 0) is 32.5 Å². The molecule has 0 amide bonds. The molecular weight excluding hydrogens is 1510 g/mol. The van der Waals surface area contributed by atoms with Crippen molar-refractivity contribution in [2.75, 3.05) is 39.6 Å². The van der Waals surface area contributed by atoms with E-state index in [0.29, 0.717) is 45.9 Å². The van der Waals surface area contributed by atoms with Crippen molar-refractivity contribution in [2.24, 2.45) is 0 Å². The number of rotatable bonds is 66. The Bertz CT molecular complexity index is 4420. The zero-order valence-electron chi connectivity index (χ0n) is 75.7. The van der Waals surface area contributed by atoms with Gasteiger partial charge in [0.05, 0.1) is 58.6 Å².